The van der Waals surface area contributed by atoms with Gasteiger partial charge in [-0.15, -0.1) is 0 Å². The first kappa shape index (κ1) is 29.9. The maximum Gasteiger partial charge on any atom is 0.118 e. The standard InChI is InChI=1S/C35H57N3O3/c1-23(2)28-20-31(21-28)40-18-17-38-15-13-26(14-16-38)34-33-11-7-27-19-30(10-12-32(27)35(33)37-24(3)36-34)41-22-25-5-8-29(39-4)9-6-25/h5-6,8-9,23-24,26-28,30-37H,7,10-22H2,1-4H3. The molecule has 2 heterocycles. The Morgan fingerprint density at radius 2 is 1.54 bits per heavy atom. The Bertz CT molecular complexity index is 942. The highest BCUT2D eigenvalue weighted by Crippen LogP contribution is 2.47. The van der Waals surface area contributed by atoms with Crippen molar-refractivity contribution >= 4 is 0 Å². The van der Waals surface area contributed by atoms with Crippen LogP contribution in [0.15, 0.2) is 24.3 Å². The molecule has 2 N–H and O–H groups in total. The number of methoxy groups -OCH3 is 1. The average Bonchev–Trinajstić information content (AvgIpc) is 2.97. The minimum absolute atomic E-state index is 0.402. The van der Waals surface area contributed by atoms with Crippen LogP contribution in [0.5, 0.6) is 5.75 Å². The van der Waals surface area contributed by atoms with Gasteiger partial charge in [0, 0.05) is 18.6 Å². The van der Waals surface area contributed by atoms with Gasteiger partial charge in [-0.1, -0.05) is 26.0 Å². The molecule has 0 aromatic heterocycles. The first-order valence-electron chi connectivity index (χ1n) is 17.1. The Balaban J connectivity index is 0.949. The summed E-state index contributed by atoms with van der Waals surface area (Å²) in [6.45, 7) is 12.3. The summed E-state index contributed by atoms with van der Waals surface area (Å²) in [5.41, 5.74) is 1.24. The number of rotatable bonds is 10. The fraction of sp³-hybridized carbons (Fsp3) is 0.829. The van der Waals surface area contributed by atoms with E-state index in [4.69, 9.17) is 14.2 Å². The maximum absolute atomic E-state index is 6.45. The summed E-state index contributed by atoms with van der Waals surface area (Å²) in [7, 11) is 1.72. The van der Waals surface area contributed by atoms with Crippen molar-refractivity contribution in [3.05, 3.63) is 29.8 Å². The molecule has 6 nitrogen and oxygen atoms in total. The van der Waals surface area contributed by atoms with Crippen LogP contribution in [-0.4, -0.2) is 68.7 Å². The van der Waals surface area contributed by atoms with Crippen LogP contribution in [-0.2, 0) is 16.1 Å². The molecule has 6 rings (SSSR count). The van der Waals surface area contributed by atoms with E-state index in [0.717, 1.165) is 54.4 Å². The van der Waals surface area contributed by atoms with Gasteiger partial charge in [0.15, 0.2) is 0 Å². The molecule has 6 heteroatoms. The molecule has 5 fully saturated rings. The summed E-state index contributed by atoms with van der Waals surface area (Å²) >= 11 is 0. The molecule has 230 valence electrons. The fourth-order valence-electron chi connectivity index (χ4n) is 9.10. The highest BCUT2D eigenvalue weighted by molar-refractivity contribution is 5.26. The first-order chi connectivity index (χ1) is 20.0. The number of nitrogens with one attached hydrogen (secondary N) is 2. The Morgan fingerprint density at radius 1 is 0.805 bits per heavy atom. The number of likely N-dealkylation sites (tertiary alicyclic amines) is 1. The molecule has 5 aliphatic rings. The number of ether oxygens (including phenoxy) is 3. The van der Waals surface area contributed by atoms with E-state index in [9.17, 15) is 0 Å². The lowest BCUT2D eigenvalue weighted by molar-refractivity contribution is -0.0594. The van der Waals surface area contributed by atoms with Crippen LogP contribution in [0.25, 0.3) is 0 Å². The van der Waals surface area contributed by atoms with Crippen LogP contribution >= 0.6 is 0 Å². The third-order valence-corrected chi connectivity index (χ3v) is 11.8. The summed E-state index contributed by atoms with van der Waals surface area (Å²) in [5.74, 6) is 5.81. The molecule has 2 saturated heterocycles. The zero-order chi connectivity index (χ0) is 28.3. The normalized spacial score (nSPS) is 38.2. The summed E-state index contributed by atoms with van der Waals surface area (Å²) in [5, 5.41) is 8.10. The van der Waals surface area contributed by atoms with Crippen molar-refractivity contribution in [3.8, 4) is 5.75 Å². The van der Waals surface area contributed by atoms with Gasteiger partial charge in [-0.25, -0.2) is 0 Å². The molecule has 0 spiro atoms. The Morgan fingerprint density at radius 3 is 2.27 bits per heavy atom. The molecule has 0 radical (unpaired) electrons. The molecule has 2 aliphatic heterocycles. The molecule has 41 heavy (non-hydrogen) atoms. The number of hydrogen-bond donors (Lipinski definition) is 2. The molecule has 1 aromatic carbocycles. The first-order valence-corrected chi connectivity index (χ1v) is 17.1. The van der Waals surface area contributed by atoms with E-state index in [1.54, 1.807) is 7.11 Å². The van der Waals surface area contributed by atoms with Gasteiger partial charge in [0.1, 0.15) is 5.75 Å². The third kappa shape index (κ3) is 7.15. The smallest absolute Gasteiger partial charge is 0.118 e. The topological polar surface area (TPSA) is 55.0 Å². The molecule has 0 amide bonds. The van der Waals surface area contributed by atoms with Gasteiger partial charge in [0.2, 0.25) is 0 Å². The molecule has 0 bridgehead atoms. The second-order valence-corrected chi connectivity index (χ2v) is 14.5. The van der Waals surface area contributed by atoms with Crippen molar-refractivity contribution in [1.82, 2.24) is 15.5 Å². The van der Waals surface area contributed by atoms with Crippen LogP contribution in [0.3, 0.4) is 0 Å². The molecular formula is C35H57N3O3. The summed E-state index contributed by atoms with van der Waals surface area (Å²) in [6.07, 6.45) is 13.0. The van der Waals surface area contributed by atoms with Crippen LogP contribution in [0, 0.1) is 35.5 Å². The van der Waals surface area contributed by atoms with Gasteiger partial charge < -0.3 is 19.1 Å². The lowest BCUT2D eigenvalue weighted by atomic mass is 9.60. The maximum atomic E-state index is 6.45. The Kier molecular flexibility index (Phi) is 9.93. The van der Waals surface area contributed by atoms with Gasteiger partial charge >= 0.3 is 0 Å². The highest BCUT2D eigenvalue weighted by atomic mass is 16.5. The summed E-state index contributed by atoms with van der Waals surface area (Å²) in [4.78, 5) is 2.67. The van der Waals surface area contributed by atoms with Crippen LogP contribution in [0.4, 0.5) is 0 Å². The van der Waals surface area contributed by atoms with E-state index in [-0.39, 0.29) is 0 Å². The van der Waals surface area contributed by atoms with Crippen molar-refractivity contribution in [2.45, 2.75) is 116 Å². The second-order valence-electron chi connectivity index (χ2n) is 14.5. The van der Waals surface area contributed by atoms with Gasteiger partial charge in [-0.3, -0.25) is 10.6 Å². The molecule has 3 aliphatic carbocycles. The number of piperidine rings is 1. The zero-order valence-electron chi connectivity index (χ0n) is 26.2. The van der Waals surface area contributed by atoms with Crippen LogP contribution < -0.4 is 15.4 Å². The van der Waals surface area contributed by atoms with Crippen molar-refractivity contribution in [2.75, 3.05) is 33.4 Å². The van der Waals surface area contributed by atoms with Gasteiger partial charge in [0.25, 0.3) is 0 Å². The average molecular weight is 568 g/mol. The minimum atomic E-state index is 0.402. The molecular weight excluding hydrogens is 510 g/mol. The van der Waals surface area contributed by atoms with Crippen molar-refractivity contribution in [3.63, 3.8) is 0 Å². The van der Waals surface area contributed by atoms with Crippen LogP contribution in [0.2, 0.25) is 0 Å². The lowest BCUT2D eigenvalue weighted by Gasteiger charge is -2.55. The largest absolute Gasteiger partial charge is 0.497 e. The van der Waals surface area contributed by atoms with E-state index in [1.807, 2.05) is 12.1 Å². The second kappa shape index (κ2) is 13.6. The number of hydrogen-bond acceptors (Lipinski definition) is 6. The number of benzene rings is 1. The lowest BCUT2D eigenvalue weighted by Crippen LogP contribution is -2.68. The van der Waals surface area contributed by atoms with Gasteiger partial charge in [-0.2, -0.15) is 0 Å². The van der Waals surface area contributed by atoms with Gasteiger partial charge in [0.05, 0.1) is 38.7 Å². The predicted molar refractivity (Wildman–Crippen MR) is 165 cm³/mol. The fourth-order valence-corrected chi connectivity index (χ4v) is 9.10. The molecule has 1 aromatic rings. The molecule has 3 saturated carbocycles. The van der Waals surface area contributed by atoms with Gasteiger partial charge in [-0.05, 0) is 131 Å². The molecule has 7 unspecified atom stereocenters. The van der Waals surface area contributed by atoms with Crippen molar-refractivity contribution < 1.29 is 14.2 Å². The monoisotopic (exact) mass is 567 g/mol. The summed E-state index contributed by atoms with van der Waals surface area (Å²) in [6, 6.07) is 9.67. The summed E-state index contributed by atoms with van der Waals surface area (Å²) < 4.78 is 18.0. The van der Waals surface area contributed by atoms with E-state index >= 15 is 0 Å². The van der Waals surface area contributed by atoms with E-state index in [2.05, 4.69) is 48.4 Å². The minimum Gasteiger partial charge on any atom is -0.497 e. The Labute approximate surface area is 249 Å². The van der Waals surface area contributed by atoms with Crippen LogP contribution in [0.1, 0.15) is 84.1 Å². The van der Waals surface area contributed by atoms with E-state index < -0.39 is 0 Å². The highest BCUT2D eigenvalue weighted by Gasteiger charge is 2.49. The third-order valence-electron chi connectivity index (χ3n) is 11.8. The SMILES string of the molecule is COc1ccc(COC2CCC3C(CCC4C(C5CCN(CCOC6CC(C(C)C)C6)CC5)NC(C)NC34)C2)cc1. The zero-order valence-corrected chi connectivity index (χ0v) is 26.2. The Hall–Kier alpha value is -1.18. The number of nitrogens with zero attached hydrogens (tertiary/aromatic N) is 1. The predicted octanol–water partition coefficient (Wildman–Crippen LogP) is 5.85. The van der Waals surface area contributed by atoms with Crippen molar-refractivity contribution in [1.29, 1.82) is 0 Å². The number of fused-ring (bicyclic) bond motifs is 3. The van der Waals surface area contributed by atoms with E-state index in [1.165, 1.54) is 76.4 Å². The quantitative estimate of drug-likeness (QED) is 0.370. The van der Waals surface area contributed by atoms with Crippen molar-refractivity contribution in [2.24, 2.45) is 35.5 Å². The van der Waals surface area contributed by atoms with E-state index in [0.29, 0.717) is 37.1 Å². The molecule has 7 atom stereocenters.